The summed E-state index contributed by atoms with van der Waals surface area (Å²) in [4.78, 5) is 11.5. The van der Waals surface area contributed by atoms with Crippen LogP contribution in [0.5, 0.6) is 11.5 Å². The number of methoxy groups -OCH3 is 1. The summed E-state index contributed by atoms with van der Waals surface area (Å²) in [5, 5.41) is 12.9. The van der Waals surface area contributed by atoms with Gasteiger partial charge in [0.25, 0.3) is 0 Å². The van der Waals surface area contributed by atoms with Crippen molar-refractivity contribution in [1.29, 1.82) is 0 Å². The van der Waals surface area contributed by atoms with Gasteiger partial charge in [-0.15, -0.1) is 0 Å². The number of carbonyl (C=O) groups is 1. The number of rotatable bonds is 12. The zero-order valence-electron chi connectivity index (χ0n) is 21.6. The first kappa shape index (κ1) is 29.1. The molecular formula is C26H37ClFNO5Si. The Morgan fingerprint density at radius 2 is 1.77 bits per heavy atom. The summed E-state index contributed by atoms with van der Waals surface area (Å²) < 4.78 is 31.7. The van der Waals surface area contributed by atoms with Crippen molar-refractivity contribution in [2.24, 2.45) is 0 Å². The van der Waals surface area contributed by atoms with Crippen molar-refractivity contribution in [3.63, 3.8) is 0 Å². The van der Waals surface area contributed by atoms with E-state index >= 15 is 0 Å². The number of hydrogen-bond donors (Lipinski definition) is 2. The Labute approximate surface area is 213 Å². The first-order chi connectivity index (χ1) is 16.2. The number of carboxylic acids is 1. The summed E-state index contributed by atoms with van der Waals surface area (Å²) in [7, 11) is -0.595. The molecule has 2 rings (SSSR count). The average Bonchev–Trinajstić information content (AvgIpc) is 2.75. The molecule has 0 fully saturated rings. The van der Waals surface area contributed by atoms with Gasteiger partial charge in [0.2, 0.25) is 0 Å². The first-order valence-corrected chi connectivity index (χ1v) is 14.9. The molecule has 2 atom stereocenters. The molecule has 2 aromatic rings. The summed E-state index contributed by atoms with van der Waals surface area (Å²) in [6.07, 6.45) is -0.636. The van der Waals surface area contributed by atoms with Crippen LogP contribution in [0, 0.1) is 5.82 Å². The van der Waals surface area contributed by atoms with Crippen molar-refractivity contribution in [2.75, 3.05) is 13.7 Å². The average molecular weight is 526 g/mol. The summed E-state index contributed by atoms with van der Waals surface area (Å²) in [6, 6.07) is 9.51. The highest BCUT2D eigenvalue weighted by atomic mass is 35.5. The number of halogens is 2. The smallest absolute Gasteiger partial charge is 0.305 e. The largest absolute Gasteiger partial charge is 0.497 e. The van der Waals surface area contributed by atoms with E-state index in [1.54, 1.807) is 31.4 Å². The Bertz CT molecular complexity index is 994. The molecule has 194 valence electrons. The summed E-state index contributed by atoms with van der Waals surface area (Å²) in [5.74, 6) is -0.0365. The van der Waals surface area contributed by atoms with E-state index in [0.29, 0.717) is 29.2 Å². The van der Waals surface area contributed by atoms with Gasteiger partial charge in [-0.2, -0.15) is 0 Å². The molecule has 0 aliphatic rings. The first-order valence-electron chi connectivity index (χ1n) is 11.6. The predicted octanol–water partition coefficient (Wildman–Crippen LogP) is 6.58. The third-order valence-corrected chi connectivity index (χ3v) is 11.3. The normalized spacial score (nSPS) is 13.9. The quantitative estimate of drug-likeness (QED) is 0.305. The van der Waals surface area contributed by atoms with Crippen LogP contribution in [0.4, 0.5) is 4.39 Å². The van der Waals surface area contributed by atoms with Crippen molar-refractivity contribution in [3.8, 4) is 11.5 Å². The number of ether oxygens (including phenoxy) is 2. The van der Waals surface area contributed by atoms with Crippen LogP contribution in [0.15, 0.2) is 36.4 Å². The standard InChI is InChI=1S/C26H37ClFNO5Si/c1-17(29-15-21(14-25(30)31)34-35(6,7)26(2,3)4)22-12-18(28)13-24(27)23(22)16-33-20-10-8-19(32-5)9-11-20/h8-13,17,21,29H,14-16H2,1-7H3,(H,30,31). The van der Waals surface area contributed by atoms with Crippen LogP contribution < -0.4 is 14.8 Å². The topological polar surface area (TPSA) is 77.0 Å². The van der Waals surface area contributed by atoms with Gasteiger partial charge in [0.1, 0.15) is 23.9 Å². The maximum Gasteiger partial charge on any atom is 0.305 e. The number of hydrogen-bond acceptors (Lipinski definition) is 5. The monoisotopic (exact) mass is 525 g/mol. The molecule has 0 bridgehead atoms. The minimum Gasteiger partial charge on any atom is -0.497 e. The van der Waals surface area contributed by atoms with Crippen molar-refractivity contribution in [3.05, 3.63) is 58.4 Å². The molecule has 6 nitrogen and oxygen atoms in total. The molecule has 0 radical (unpaired) electrons. The van der Waals surface area contributed by atoms with Crippen molar-refractivity contribution in [1.82, 2.24) is 5.32 Å². The SMILES string of the molecule is COc1ccc(OCc2c(Cl)cc(F)cc2C(C)NCC(CC(=O)O)O[Si](C)(C)C(C)(C)C)cc1. The molecule has 2 aromatic carbocycles. The Morgan fingerprint density at radius 1 is 1.17 bits per heavy atom. The van der Waals surface area contributed by atoms with Crippen molar-refractivity contribution >= 4 is 25.9 Å². The predicted molar refractivity (Wildman–Crippen MR) is 139 cm³/mol. The lowest BCUT2D eigenvalue weighted by Gasteiger charge is -2.39. The van der Waals surface area contributed by atoms with E-state index in [1.165, 1.54) is 12.1 Å². The maximum absolute atomic E-state index is 14.3. The fourth-order valence-electron chi connectivity index (χ4n) is 3.35. The molecule has 0 heterocycles. The fraction of sp³-hybridized carbons (Fsp3) is 0.500. The number of carboxylic acid groups (broad SMARTS) is 1. The van der Waals surface area contributed by atoms with Crippen molar-refractivity contribution < 1.29 is 28.2 Å². The van der Waals surface area contributed by atoms with E-state index in [0.717, 1.165) is 0 Å². The van der Waals surface area contributed by atoms with Gasteiger partial charge in [0.05, 0.1) is 24.7 Å². The molecule has 2 unspecified atom stereocenters. The van der Waals surface area contributed by atoms with Gasteiger partial charge in [0, 0.05) is 18.2 Å². The lowest BCUT2D eigenvalue weighted by Crippen LogP contribution is -2.47. The van der Waals surface area contributed by atoms with Crippen LogP contribution in [-0.2, 0) is 15.8 Å². The van der Waals surface area contributed by atoms with E-state index in [2.05, 4.69) is 39.2 Å². The molecule has 0 amide bonds. The zero-order valence-corrected chi connectivity index (χ0v) is 23.3. The maximum atomic E-state index is 14.3. The molecule has 0 aliphatic heterocycles. The Morgan fingerprint density at radius 3 is 2.31 bits per heavy atom. The van der Waals surface area contributed by atoms with Crippen LogP contribution in [-0.4, -0.2) is 39.2 Å². The third-order valence-electron chi connectivity index (χ3n) is 6.43. The van der Waals surface area contributed by atoms with Crippen LogP contribution >= 0.6 is 11.6 Å². The molecule has 2 N–H and O–H groups in total. The molecule has 35 heavy (non-hydrogen) atoms. The van der Waals surface area contributed by atoms with Gasteiger partial charge in [-0.25, -0.2) is 4.39 Å². The van der Waals surface area contributed by atoms with Crippen LogP contribution in [0.2, 0.25) is 23.2 Å². The number of aliphatic carboxylic acids is 1. The number of nitrogens with one attached hydrogen (secondary N) is 1. The highest BCUT2D eigenvalue weighted by Gasteiger charge is 2.39. The lowest BCUT2D eigenvalue weighted by molar-refractivity contribution is -0.138. The Kier molecular flexibility index (Phi) is 10.2. The molecule has 9 heteroatoms. The van der Waals surface area contributed by atoms with E-state index in [1.807, 2.05) is 6.92 Å². The number of benzene rings is 2. The Hall–Kier alpha value is -2.13. The third kappa shape index (κ3) is 8.49. The highest BCUT2D eigenvalue weighted by Crippen LogP contribution is 2.37. The molecular weight excluding hydrogens is 489 g/mol. The second-order valence-electron chi connectivity index (χ2n) is 10.1. The van der Waals surface area contributed by atoms with Gasteiger partial charge in [-0.3, -0.25) is 4.79 Å². The van der Waals surface area contributed by atoms with Gasteiger partial charge in [-0.05, 0) is 67.0 Å². The second-order valence-corrected chi connectivity index (χ2v) is 15.3. The lowest BCUT2D eigenvalue weighted by atomic mass is 10.0. The summed E-state index contributed by atoms with van der Waals surface area (Å²) in [6.45, 7) is 12.8. The molecule has 0 aliphatic carbocycles. The van der Waals surface area contributed by atoms with Crippen molar-refractivity contribution in [2.45, 2.75) is 71.0 Å². The summed E-state index contributed by atoms with van der Waals surface area (Å²) in [5.41, 5.74) is 1.30. The minimum atomic E-state index is -2.19. The highest BCUT2D eigenvalue weighted by molar-refractivity contribution is 6.74. The van der Waals surface area contributed by atoms with Gasteiger partial charge >= 0.3 is 5.97 Å². The molecule has 0 spiro atoms. The van der Waals surface area contributed by atoms with Gasteiger partial charge in [0.15, 0.2) is 8.32 Å². The van der Waals surface area contributed by atoms with Crippen LogP contribution in [0.25, 0.3) is 0 Å². The van der Waals surface area contributed by atoms with Gasteiger partial charge < -0.3 is 24.3 Å². The van der Waals surface area contributed by atoms with E-state index in [-0.39, 0.29) is 29.1 Å². The van der Waals surface area contributed by atoms with Gasteiger partial charge in [-0.1, -0.05) is 32.4 Å². The van der Waals surface area contributed by atoms with E-state index < -0.39 is 26.2 Å². The fourth-order valence-corrected chi connectivity index (χ4v) is 4.97. The molecule has 0 aromatic heterocycles. The second kappa shape index (κ2) is 12.2. The van der Waals surface area contributed by atoms with E-state index in [9.17, 15) is 14.3 Å². The van der Waals surface area contributed by atoms with E-state index in [4.69, 9.17) is 25.5 Å². The van der Waals surface area contributed by atoms with Crippen LogP contribution in [0.3, 0.4) is 0 Å². The minimum absolute atomic E-state index is 0.0581. The summed E-state index contributed by atoms with van der Waals surface area (Å²) >= 11 is 6.40. The van der Waals surface area contributed by atoms with Crippen LogP contribution in [0.1, 0.15) is 51.3 Å². The molecule has 0 saturated carbocycles. The zero-order chi connectivity index (χ0) is 26.4. The molecule has 0 saturated heterocycles. The Balaban J connectivity index is 2.18.